The van der Waals surface area contributed by atoms with Gasteiger partial charge in [-0.15, -0.1) is 9.62 Å². The Morgan fingerprint density at radius 2 is 2.07 bits per heavy atom. The molecule has 2 aliphatic rings. The molecule has 0 spiro atoms. The van der Waals surface area contributed by atoms with Gasteiger partial charge < -0.3 is 44.6 Å². The number of aromatic nitrogens is 8. The highest BCUT2D eigenvalue weighted by Gasteiger charge is 2.45. The molecule has 0 saturated carbocycles. The van der Waals surface area contributed by atoms with Gasteiger partial charge in [0, 0.05) is 25.6 Å². The van der Waals surface area contributed by atoms with Crippen molar-refractivity contribution in [3.63, 3.8) is 0 Å². The van der Waals surface area contributed by atoms with Crippen LogP contribution in [0, 0.1) is 0 Å². The molecule has 4 aromatic rings. The van der Waals surface area contributed by atoms with Gasteiger partial charge in [-0.3, -0.25) is 9.78 Å². The summed E-state index contributed by atoms with van der Waals surface area (Å²) in [6.07, 6.45) is -0.960. The zero-order valence-corrected chi connectivity index (χ0v) is 26.0. The van der Waals surface area contributed by atoms with Crippen LogP contribution in [0.25, 0.3) is 22.2 Å². The summed E-state index contributed by atoms with van der Waals surface area (Å²) in [5.74, 6) is 0.138. The van der Waals surface area contributed by atoms with Crippen molar-refractivity contribution >= 4 is 72.0 Å². The van der Waals surface area contributed by atoms with Gasteiger partial charge >= 0.3 is 13.9 Å². The van der Waals surface area contributed by atoms with E-state index < -0.39 is 56.4 Å². The normalized spacial score (nSPS) is 27.3. The zero-order chi connectivity index (χ0) is 31.2. The monoisotopic (exact) mass is 689 g/mol. The Morgan fingerprint density at radius 3 is 2.84 bits per heavy atom. The van der Waals surface area contributed by atoms with Crippen molar-refractivity contribution in [1.82, 2.24) is 39.5 Å². The Morgan fingerprint density at radius 1 is 1.25 bits per heavy atom. The number of H-pyrrole nitrogens is 1. The van der Waals surface area contributed by atoms with Crippen molar-refractivity contribution in [2.45, 2.75) is 56.1 Å². The fourth-order valence-electron chi connectivity index (χ4n) is 5.22. The Bertz CT molecular complexity index is 1810. The second-order valence-corrected chi connectivity index (χ2v) is 14.4. The number of nitrogens with two attached hydrogens (primary N) is 2. The molecule has 44 heavy (non-hydrogen) atoms. The standard InChI is InChI=1S/C21H26N10O9P2S2/c22-16-10-1-3-30(17(10)25-8-24-16)14-6-11(39-41(34)43)13(38-14)7-36-42(35,44)40-12-5-9(2-4-32)37-20(12)31-18-15(28-29-31)19(33)27-21(23)26-18/h1,3,8-9,11-14,20,32H,2,4-7H2,(H6-,22,23,24,25,26,27,29,33,34,35,43,44)/p+1/t9-,11+,12-,13-,14-,20-,42?/m1/s1. The number of thiol groups is 1. The highest BCUT2D eigenvalue weighted by Crippen LogP contribution is 2.51. The number of nitrogen functional groups attached to an aromatic ring is 2. The van der Waals surface area contributed by atoms with Crippen LogP contribution >= 0.6 is 26.2 Å². The molecular weight excluding hydrogens is 662 g/mol. The van der Waals surface area contributed by atoms with Crippen molar-refractivity contribution in [2.24, 2.45) is 0 Å². The summed E-state index contributed by atoms with van der Waals surface area (Å²) in [5.41, 5.74) is 11.5. The van der Waals surface area contributed by atoms with Gasteiger partial charge in [0.15, 0.2) is 17.4 Å². The Kier molecular flexibility index (Phi) is 8.97. The average molecular weight is 690 g/mol. The van der Waals surface area contributed by atoms with Gasteiger partial charge in [-0.05, 0) is 28.9 Å². The lowest BCUT2D eigenvalue weighted by atomic mass is 10.1. The lowest BCUT2D eigenvalue weighted by Crippen LogP contribution is -2.28. The van der Waals surface area contributed by atoms with Gasteiger partial charge in [0.05, 0.1) is 18.1 Å². The molecule has 0 amide bonds. The maximum absolute atomic E-state index is 12.3. The molecule has 7 N–H and O–H groups in total. The topological polar surface area (TPSA) is 263 Å². The number of anilines is 2. The van der Waals surface area contributed by atoms with Gasteiger partial charge in [-0.2, -0.15) is 9.67 Å². The molecule has 2 unspecified atom stereocenters. The van der Waals surface area contributed by atoms with Gasteiger partial charge in [-0.1, -0.05) is 5.21 Å². The highest BCUT2D eigenvalue weighted by atomic mass is 32.7. The van der Waals surface area contributed by atoms with Crippen LogP contribution in [0.1, 0.15) is 31.7 Å². The second-order valence-electron chi connectivity index (χ2n) is 9.93. The lowest BCUT2D eigenvalue weighted by Gasteiger charge is -2.25. The van der Waals surface area contributed by atoms with E-state index in [0.29, 0.717) is 16.9 Å². The van der Waals surface area contributed by atoms with Crippen LogP contribution in [-0.2, 0) is 39.4 Å². The van der Waals surface area contributed by atoms with Crippen LogP contribution in [0.4, 0.5) is 11.8 Å². The summed E-state index contributed by atoms with van der Waals surface area (Å²) >= 11 is 9.20. The number of hydrogen-bond acceptors (Lipinski definition) is 16. The van der Waals surface area contributed by atoms with E-state index in [1.165, 1.54) is 11.0 Å². The second kappa shape index (κ2) is 12.6. The molecular formula is C21H27N10O9P2S2+. The van der Waals surface area contributed by atoms with E-state index in [4.69, 9.17) is 46.3 Å². The Labute approximate surface area is 258 Å². The molecule has 2 fully saturated rings. The lowest BCUT2D eigenvalue weighted by molar-refractivity contribution is -0.0524. The average Bonchev–Trinajstić information content (AvgIpc) is 3.73. The summed E-state index contributed by atoms with van der Waals surface area (Å²) in [5, 5.41) is 17.9. The molecule has 0 aromatic carbocycles. The van der Waals surface area contributed by atoms with Crippen molar-refractivity contribution < 1.29 is 37.6 Å². The summed E-state index contributed by atoms with van der Waals surface area (Å²) in [6, 6.07) is 1.75. The van der Waals surface area contributed by atoms with Gasteiger partial charge in [0.25, 0.3) is 5.56 Å². The highest BCUT2D eigenvalue weighted by molar-refractivity contribution is 8.39. The number of nitrogens with zero attached hydrogens (tertiary/aromatic N) is 7. The van der Waals surface area contributed by atoms with Crippen molar-refractivity contribution in [3.05, 3.63) is 28.9 Å². The number of fused-ring (bicyclic) bond motifs is 2. The minimum absolute atomic E-state index is 0.0254. The molecule has 0 bridgehead atoms. The first-order valence-corrected chi connectivity index (χ1v) is 18.0. The molecule has 6 heterocycles. The van der Waals surface area contributed by atoms with E-state index in [2.05, 4.69) is 42.5 Å². The largest absolute Gasteiger partial charge is 0.582 e. The predicted molar refractivity (Wildman–Crippen MR) is 160 cm³/mol. The SMILES string of the molecule is Nc1nc2c(nnn2[C@@H]2O[C@H](CCO)C[C@H]2OP(O)(=S)OC[C@H]2O[C@@H](n3ccc4c(N)ncnc43)C[C@@H]2O[P+](=O)S)c(=O)[nH]1. The molecule has 2 saturated heterocycles. The van der Waals surface area contributed by atoms with Crippen molar-refractivity contribution in [2.75, 3.05) is 24.7 Å². The number of ether oxygens (including phenoxy) is 2. The van der Waals surface area contributed by atoms with Gasteiger partial charge in [0.2, 0.25) is 5.95 Å². The minimum Gasteiger partial charge on any atom is -0.396 e. The number of rotatable bonds is 11. The third-order valence-corrected chi connectivity index (χ3v) is 9.44. The first-order chi connectivity index (χ1) is 21.0. The molecule has 2 aliphatic heterocycles. The van der Waals surface area contributed by atoms with E-state index >= 15 is 0 Å². The van der Waals surface area contributed by atoms with Crippen LogP contribution in [0.2, 0.25) is 0 Å². The molecule has 4 aromatic heterocycles. The third-order valence-electron chi connectivity index (χ3n) is 7.12. The van der Waals surface area contributed by atoms with Crippen LogP contribution in [0.15, 0.2) is 23.4 Å². The van der Waals surface area contributed by atoms with Crippen LogP contribution in [-0.4, -0.2) is 87.1 Å². The molecule has 8 atom stereocenters. The number of aromatic amines is 1. The minimum atomic E-state index is -4.00. The zero-order valence-electron chi connectivity index (χ0n) is 22.5. The molecule has 236 valence electrons. The van der Waals surface area contributed by atoms with Gasteiger partial charge in [0.1, 0.15) is 54.6 Å². The third kappa shape index (κ3) is 6.35. The van der Waals surface area contributed by atoms with Crippen molar-refractivity contribution in [1.29, 1.82) is 0 Å². The summed E-state index contributed by atoms with van der Waals surface area (Å²) in [7, 11) is -2.31. The maximum Gasteiger partial charge on any atom is 0.582 e. The smallest absolute Gasteiger partial charge is 0.396 e. The summed E-state index contributed by atoms with van der Waals surface area (Å²) in [4.78, 5) is 38.1. The quantitative estimate of drug-likeness (QED) is 0.0933. The molecule has 6 rings (SSSR count). The Balaban J connectivity index is 1.19. The fraction of sp³-hybridized carbons (Fsp3) is 0.524. The van der Waals surface area contributed by atoms with Crippen LogP contribution < -0.4 is 17.0 Å². The van der Waals surface area contributed by atoms with E-state index in [1.807, 2.05) is 0 Å². The summed E-state index contributed by atoms with van der Waals surface area (Å²) in [6.45, 7) is -4.47. The summed E-state index contributed by atoms with van der Waals surface area (Å²) < 4.78 is 44.0. The fourth-order valence-corrected chi connectivity index (χ4v) is 7.48. The van der Waals surface area contributed by atoms with E-state index in [-0.39, 0.29) is 49.6 Å². The molecule has 23 heteroatoms. The van der Waals surface area contributed by atoms with E-state index in [9.17, 15) is 19.4 Å². The Hall–Kier alpha value is -2.68. The first kappa shape index (κ1) is 31.3. The number of aliphatic hydroxyl groups excluding tert-OH is 1. The van der Waals surface area contributed by atoms with Gasteiger partial charge in [-0.25, -0.2) is 9.97 Å². The van der Waals surface area contributed by atoms with Crippen LogP contribution in [0.3, 0.4) is 0 Å². The van der Waals surface area contributed by atoms with E-state index in [0.717, 1.165) is 0 Å². The number of nitrogens with one attached hydrogen (secondary N) is 1. The number of aliphatic hydroxyl groups is 1. The van der Waals surface area contributed by atoms with E-state index in [1.54, 1.807) is 16.8 Å². The molecule has 0 aliphatic carbocycles. The van der Waals surface area contributed by atoms with Crippen molar-refractivity contribution in [3.8, 4) is 0 Å². The predicted octanol–water partition coefficient (Wildman–Crippen LogP) is 0.672. The first-order valence-electron chi connectivity index (χ1n) is 13.1. The van der Waals surface area contributed by atoms with Crippen LogP contribution in [0.5, 0.6) is 0 Å². The number of hydrogen-bond donors (Lipinski definition) is 6. The maximum atomic E-state index is 12.3. The molecule has 19 nitrogen and oxygen atoms in total. The molecule has 0 radical (unpaired) electrons.